The highest BCUT2D eigenvalue weighted by molar-refractivity contribution is 7.17. The van der Waals surface area contributed by atoms with Crippen molar-refractivity contribution in [3.8, 4) is 10.6 Å². The minimum absolute atomic E-state index is 0.113. The van der Waals surface area contributed by atoms with Crippen LogP contribution in [0.4, 0.5) is 0 Å². The van der Waals surface area contributed by atoms with Crippen LogP contribution in [0, 0.1) is 12.8 Å². The second-order valence-corrected chi connectivity index (χ2v) is 8.47. The first-order valence-corrected chi connectivity index (χ1v) is 10.4. The molecule has 0 spiro atoms. The molecule has 1 aromatic carbocycles. The Bertz CT molecular complexity index is 836. The van der Waals surface area contributed by atoms with E-state index in [9.17, 15) is 9.59 Å². The Hall–Kier alpha value is -1.92. The van der Waals surface area contributed by atoms with Gasteiger partial charge in [-0.3, -0.25) is 9.59 Å². The summed E-state index contributed by atoms with van der Waals surface area (Å²) >= 11 is 7.38. The summed E-state index contributed by atoms with van der Waals surface area (Å²) in [4.78, 5) is 31.8. The van der Waals surface area contributed by atoms with E-state index in [4.69, 9.17) is 11.6 Å². The molecule has 2 amide bonds. The molecule has 1 saturated heterocycles. The van der Waals surface area contributed by atoms with Crippen molar-refractivity contribution in [2.75, 3.05) is 19.6 Å². The minimum Gasteiger partial charge on any atom is -0.351 e. The van der Waals surface area contributed by atoms with Crippen LogP contribution in [0.15, 0.2) is 24.3 Å². The number of amides is 2. The molecule has 1 N–H and O–H groups in total. The van der Waals surface area contributed by atoms with Gasteiger partial charge < -0.3 is 10.2 Å². The van der Waals surface area contributed by atoms with Crippen molar-refractivity contribution in [3.63, 3.8) is 0 Å². The van der Waals surface area contributed by atoms with Gasteiger partial charge in [0.05, 0.1) is 5.69 Å². The van der Waals surface area contributed by atoms with E-state index in [0.717, 1.165) is 30.1 Å². The Labute approximate surface area is 168 Å². The van der Waals surface area contributed by atoms with Crippen LogP contribution in [-0.4, -0.2) is 41.3 Å². The molecular formula is C20H24ClN3O2S. The number of nitrogens with one attached hydrogen (secondary N) is 1. The minimum atomic E-state index is -0.182. The largest absolute Gasteiger partial charge is 0.351 e. The summed E-state index contributed by atoms with van der Waals surface area (Å²) < 4.78 is 0. The van der Waals surface area contributed by atoms with Crippen LogP contribution in [0.1, 0.15) is 41.6 Å². The predicted molar refractivity (Wildman–Crippen MR) is 109 cm³/mol. The fourth-order valence-corrected chi connectivity index (χ4v) is 4.46. The number of benzene rings is 1. The molecule has 0 aliphatic carbocycles. The van der Waals surface area contributed by atoms with Gasteiger partial charge >= 0.3 is 0 Å². The number of rotatable bonds is 5. The lowest BCUT2D eigenvalue weighted by Crippen LogP contribution is -2.40. The Morgan fingerprint density at radius 1 is 1.41 bits per heavy atom. The Balaban J connectivity index is 1.56. The zero-order valence-corrected chi connectivity index (χ0v) is 17.2. The molecule has 1 aromatic heterocycles. The SMILES string of the molecule is Cc1nc(-c2cccc(Cl)c2)sc1C(=O)NCCC(=O)N1CCCC(C)C1. The molecule has 1 fully saturated rings. The molecule has 3 rings (SSSR count). The molecule has 2 aromatic rings. The molecule has 1 aliphatic rings. The van der Waals surface area contributed by atoms with Gasteiger partial charge in [0, 0.05) is 36.6 Å². The molecule has 1 atom stereocenters. The highest BCUT2D eigenvalue weighted by Crippen LogP contribution is 2.29. The highest BCUT2D eigenvalue weighted by Gasteiger charge is 2.21. The van der Waals surface area contributed by atoms with Crippen molar-refractivity contribution < 1.29 is 9.59 Å². The number of aromatic nitrogens is 1. The molecule has 1 unspecified atom stereocenters. The number of carbonyl (C=O) groups is 2. The predicted octanol–water partition coefficient (Wildman–Crippen LogP) is 4.15. The van der Waals surface area contributed by atoms with Gasteiger partial charge in [0.25, 0.3) is 5.91 Å². The molecule has 0 bridgehead atoms. The summed E-state index contributed by atoms with van der Waals surface area (Å²) in [6.07, 6.45) is 2.57. The quantitative estimate of drug-likeness (QED) is 0.812. The maximum Gasteiger partial charge on any atom is 0.263 e. The molecule has 0 saturated carbocycles. The fraction of sp³-hybridized carbons (Fsp3) is 0.450. The van der Waals surface area contributed by atoms with Crippen LogP contribution < -0.4 is 5.32 Å². The lowest BCUT2D eigenvalue weighted by Gasteiger charge is -2.31. The second kappa shape index (κ2) is 8.85. The highest BCUT2D eigenvalue weighted by atomic mass is 35.5. The maximum absolute atomic E-state index is 12.5. The van der Waals surface area contributed by atoms with Gasteiger partial charge in [-0.2, -0.15) is 0 Å². The Morgan fingerprint density at radius 2 is 2.22 bits per heavy atom. The summed E-state index contributed by atoms with van der Waals surface area (Å²) in [5.41, 5.74) is 1.58. The van der Waals surface area contributed by atoms with E-state index in [1.54, 1.807) is 6.07 Å². The van der Waals surface area contributed by atoms with Crippen LogP contribution in [0.25, 0.3) is 10.6 Å². The maximum atomic E-state index is 12.5. The summed E-state index contributed by atoms with van der Waals surface area (Å²) in [7, 11) is 0. The Kier molecular flexibility index (Phi) is 6.50. The van der Waals surface area contributed by atoms with E-state index in [2.05, 4.69) is 17.2 Å². The Morgan fingerprint density at radius 3 is 2.96 bits per heavy atom. The fourth-order valence-electron chi connectivity index (χ4n) is 3.29. The lowest BCUT2D eigenvalue weighted by molar-refractivity contribution is -0.132. The van der Waals surface area contributed by atoms with Crippen LogP contribution in [0.2, 0.25) is 5.02 Å². The first-order chi connectivity index (χ1) is 12.9. The van der Waals surface area contributed by atoms with Crippen molar-refractivity contribution in [1.82, 2.24) is 15.2 Å². The van der Waals surface area contributed by atoms with Crippen molar-refractivity contribution in [1.29, 1.82) is 0 Å². The van der Waals surface area contributed by atoms with E-state index >= 15 is 0 Å². The number of likely N-dealkylation sites (tertiary alicyclic amines) is 1. The standard InChI is InChI=1S/C20H24ClN3O2S/c1-13-5-4-10-24(12-13)17(25)8-9-22-19(26)18-14(2)23-20(27-18)15-6-3-7-16(21)11-15/h3,6-7,11,13H,4-5,8-10,12H2,1-2H3,(H,22,26). The summed E-state index contributed by atoms with van der Waals surface area (Å²) in [5.74, 6) is 0.489. The summed E-state index contributed by atoms with van der Waals surface area (Å²) in [6, 6.07) is 7.42. The van der Waals surface area contributed by atoms with Gasteiger partial charge in [-0.05, 0) is 37.8 Å². The summed E-state index contributed by atoms with van der Waals surface area (Å²) in [5, 5.41) is 4.25. The molecule has 2 heterocycles. The van der Waals surface area contributed by atoms with Crippen molar-refractivity contribution >= 4 is 34.8 Å². The van der Waals surface area contributed by atoms with E-state index in [1.807, 2.05) is 30.0 Å². The van der Waals surface area contributed by atoms with E-state index < -0.39 is 0 Å². The number of nitrogens with zero attached hydrogens (tertiary/aromatic N) is 2. The number of halogens is 1. The normalized spacial score (nSPS) is 17.0. The number of thiazole rings is 1. The second-order valence-electron chi connectivity index (χ2n) is 7.04. The third-order valence-electron chi connectivity index (χ3n) is 4.71. The van der Waals surface area contributed by atoms with Crippen LogP contribution in [0.5, 0.6) is 0 Å². The van der Waals surface area contributed by atoms with Crippen LogP contribution in [0.3, 0.4) is 0 Å². The number of carbonyl (C=O) groups excluding carboxylic acids is 2. The van der Waals surface area contributed by atoms with Crippen LogP contribution >= 0.6 is 22.9 Å². The first-order valence-electron chi connectivity index (χ1n) is 9.23. The van der Waals surface area contributed by atoms with Crippen LogP contribution in [-0.2, 0) is 4.79 Å². The van der Waals surface area contributed by atoms with Gasteiger partial charge in [0.15, 0.2) is 0 Å². The lowest BCUT2D eigenvalue weighted by atomic mass is 10.00. The monoisotopic (exact) mass is 405 g/mol. The van der Waals surface area contributed by atoms with Crippen molar-refractivity contribution in [2.24, 2.45) is 5.92 Å². The third kappa shape index (κ3) is 5.08. The zero-order chi connectivity index (χ0) is 19.4. The van der Waals surface area contributed by atoms with Crippen molar-refractivity contribution in [3.05, 3.63) is 39.9 Å². The van der Waals surface area contributed by atoms with Crippen molar-refractivity contribution in [2.45, 2.75) is 33.1 Å². The molecule has 7 heteroatoms. The van der Waals surface area contributed by atoms with E-state index in [1.165, 1.54) is 17.8 Å². The number of piperidine rings is 1. The van der Waals surface area contributed by atoms with E-state index in [-0.39, 0.29) is 11.8 Å². The molecule has 5 nitrogen and oxygen atoms in total. The molecular weight excluding hydrogens is 382 g/mol. The smallest absolute Gasteiger partial charge is 0.263 e. The van der Waals surface area contributed by atoms with Gasteiger partial charge in [0.1, 0.15) is 9.88 Å². The van der Waals surface area contributed by atoms with E-state index in [0.29, 0.717) is 34.5 Å². The van der Waals surface area contributed by atoms with Gasteiger partial charge in [-0.1, -0.05) is 30.7 Å². The molecule has 27 heavy (non-hydrogen) atoms. The first kappa shape index (κ1) is 19.8. The molecule has 0 radical (unpaired) electrons. The average Bonchev–Trinajstić information content (AvgIpc) is 3.03. The molecule has 144 valence electrons. The van der Waals surface area contributed by atoms with Gasteiger partial charge in [-0.25, -0.2) is 4.98 Å². The molecule has 1 aliphatic heterocycles. The third-order valence-corrected chi connectivity index (χ3v) is 6.15. The van der Waals surface area contributed by atoms with Gasteiger partial charge in [0.2, 0.25) is 5.91 Å². The topological polar surface area (TPSA) is 62.3 Å². The average molecular weight is 406 g/mol. The number of aryl methyl sites for hydroxylation is 1. The number of hydrogen-bond donors (Lipinski definition) is 1. The summed E-state index contributed by atoms with van der Waals surface area (Å²) in [6.45, 7) is 5.98. The van der Waals surface area contributed by atoms with Gasteiger partial charge in [-0.15, -0.1) is 11.3 Å². The zero-order valence-electron chi connectivity index (χ0n) is 15.6. The number of hydrogen-bond acceptors (Lipinski definition) is 4.